The Bertz CT molecular complexity index is 242. The van der Waals surface area contributed by atoms with Crippen LogP contribution in [0.3, 0.4) is 0 Å². The highest BCUT2D eigenvalue weighted by molar-refractivity contribution is 5.93. The second-order valence-electron chi connectivity index (χ2n) is 3.89. The number of imide groups is 1. The molecule has 0 heterocycles. The van der Waals surface area contributed by atoms with Crippen molar-refractivity contribution in [1.29, 1.82) is 0 Å². The molecular formula is C11H23N3O3. The van der Waals surface area contributed by atoms with Gasteiger partial charge in [-0.15, -0.1) is 0 Å². The summed E-state index contributed by atoms with van der Waals surface area (Å²) in [5.74, 6) is -0.383. The lowest BCUT2D eigenvalue weighted by Crippen LogP contribution is -2.41. The van der Waals surface area contributed by atoms with Gasteiger partial charge in [0, 0.05) is 25.6 Å². The van der Waals surface area contributed by atoms with Crippen molar-refractivity contribution < 1.29 is 14.7 Å². The van der Waals surface area contributed by atoms with E-state index in [1.54, 1.807) is 0 Å². The first-order valence-electron chi connectivity index (χ1n) is 5.99. The Morgan fingerprint density at radius 1 is 1.29 bits per heavy atom. The number of carbonyl (C=O) groups excluding carboxylic acids is 2. The topological polar surface area (TPSA) is 95.7 Å². The highest BCUT2D eigenvalue weighted by Gasteiger charge is 2.15. The zero-order valence-corrected chi connectivity index (χ0v) is 10.6. The molecule has 0 spiro atoms. The van der Waals surface area contributed by atoms with Crippen LogP contribution in [0.15, 0.2) is 0 Å². The lowest BCUT2D eigenvalue weighted by Gasteiger charge is -2.29. The van der Waals surface area contributed by atoms with E-state index in [-0.39, 0.29) is 18.9 Å². The standard InChI is InChI=1S/C11H23N3O3/c1-3-9(4-2)14(7-8-15)6-5-10(16)13-11(12)17/h9,15H,3-8H2,1-2H3,(H3,12,13,16,17). The molecule has 0 saturated heterocycles. The van der Waals surface area contributed by atoms with E-state index in [1.165, 1.54) is 0 Å². The summed E-state index contributed by atoms with van der Waals surface area (Å²) in [4.78, 5) is 23.8. The molecule has 0 bridgehead atoms. The maximum Gasteiger partial charge on any atom is 0.318 e. The molecule has 0 fully saturated rings. The molecule has 4 N–H and O–H groups in total. The minimum absolute atomic E-state index is 0.0634. The van der Waals surface area contributed by atoms with Crippen LogP contribution < -0.4 is 11.1 Å². The summed E-state index contributed by atoms with van der Waals surface area (Å²) in [5, 5.41) is 11.0. The summed E-state index contributed by atoms with van der Waals surface area (Å²) < 4.78 is 0. The molecule has 0 atom stereocenters. The first-order valence-corrected chi connectivity index (χ1v) is 5.99. The molecule has 100 valence electrons. The molecule has 0 aromatic rings. The quantitative estimate of drug-likeness (QED) is 0.563. The zero-order chi connectivity index (χ0) is 13.3. The fourth-order valence-corrected chi connectivity index (χ4v) is 1.86. The Balaban J connectivity index is 4.16. The number of nitrogens with one attached hydrogen (secondary N) is 1. The Morgan fingerprint density at radius 2 is 1.88 bits per heavy atom. The van der Waals surface area contributed by atoms with Crippen molar-refractivity contribution in [2.24, 2.45) is 5.73 Å². The van der Waals surface area contributed by atoms with E-state index >= 15 is 0 Å². The maximum absolute atomic E-state index is 11.3. The number of carbonyl (C=O) groups is 2. The average Bonchev–Trinajstić information content (AvgIpc) is 2.26. The molecular weight excluding hydrogens is 222 g/mol. The fraction of sp³-hybridized carbons (Fsp3) is 0.818. The first-order chi connectivity index (χ1) is 8.04. The summed E-state index contributed by atoms with van der Waals surface area (Å²) in [6.45, 7) is 5.26. The molecule has 0 radical (unpaired) electrons. The SMILES string of the molecule is CCC(CC)N(CCO)CCC(=O)NC(N)=O. The second kappa shape index (κ2) is 8.95. The molecule has 6 heteroatoms. The van der Waals surface area contributed by atoms with E-state index in [0.29, 0.717) is 19.1 Å². The van der Waals surface area contributed by atoms with Crippen LogP contribution in [0.2, 0.25) is 0 Å². The normalized spacial score (nSPS) is 10.9. The van der Waals surface area contributed by atoms with Crippen molar-refractivity contribution in [3.05, 3.63) is 0 Å². The number of aliphatic hydroxyl groups excluding tert-OH is 1. The monoisotopic (exact) mass is 245 g/mol. The van der Waals surface area contributed by atoms with Gasteiger partial charge in [0.05, 0.1) is 6.61 Å². The predicted molar refractivity (Wildman–Crippen MR) is 65.4 cm³/mol. The van der Waals surface area contributed by atoms with Crippen LogP contribution >= 0.6 is 0 Å². The number of nitrogens with zero attached hydrogens (tertiary/aromatic N) is 1. The van der Waals surface area contributed by atoms with Gasteiger partial charge in [-0.25, -0.2) is 4.79 Å². The van der Waals surface area contributed by atoms with Crippen LogP contribution in [0.5, 0.6) is 0 Å². The molecule has 0 aliphatic carbocycles. The van der Waals surface area contributed by atoms with Gasteiger partial charge in [-0.2, -0.15) is 0 Å². The number of rotatable bonds is 8. The van der Waals surface area contributed by atoms with E-state index < -0.39 is 6.03 Å². The summed E-state index contributed by atoms with van der Waals surface area (Å²) in [6.07, 6.45) is 2.14. The van der Waals surface area contributed by atoms with Gasteiger partial charge in [0.15, 0.2) is 0 Å². The number of amides is 3. The summed E-state index contributed by atoms with van der Waals surface area (Å²) in [7, 11) is 0. The van der Waals surface area contributed by atoms with Gasteiger partial charge in [-0.05, 0) is 12.8 Å². The third kappa shape index (κ3) is 6.91. The van der Waals surface area contributed by atoms with E-state index in [1.807, 2.05) is 5.32 Å². The van der Waals surface area contributed by atoms with Crippen molar-refractivity contribution >= 4 is 11.9 Å². The Kier molecular flexibility index (Phi) is 8.35. The smallest absolute Gasteiger partial charge is 0.318 e. The average molecular weight is 245 g/mol. The summed E-state index contributed by atoms with van der Waals surface area (Å²) in [5.41, 5.74) is 4.85. The van der Waals surface area contributed by atoms with Gasteiger partial charge in [0.25, 0.3) is 0 Å². The minimum Gasteiger partial charge on any atom is -0.395 e. The van der Waals surface area contributed by atoms with Gasteiger partial charge in [0.2, 0.25) is 5.91 Å². The van der Waals surface area contributed by atoms with E-state index in [4.69, 9.17) is 10.8 Å². The molecule has 0 aromatic heterocycles. The Morgan fingerprint density at radius 3 is 2.29 bits per heavy atom. The highest BCUT2D eigenvalue weighted by Crippen LogP contribution is 2.08. The van der Waals surface area contributed by atoms with Crippen LogP contribution in [0.4, 0.5) is 4.79 Å². The molecule has 0 aliphatic rings. The lowest BCUT2D eigenvalue weighted by molar-refractivity contribution is -0.120. The zero-order valence-electron chi connectivity index (χ0n) is 10.6. The molecule has 0 aliphatic heterocycles. The predicted octanol–water partition coefficient (Wildman–Crippen LogP) is 0.0543. The number of hydrogen-bond acceptors (Lipinski definition) is 4. The van der Waals surface area contributed by atoms with Gasteiger partial charge in [-0.1, -0.05) is 13.8 Å². The van der Waals surface area contributed by atoms with Gasteiger partial charge in [0.1, 0.15) is 0 Å². The number of hydrogen-bond donors (Lipinski definition) is 3. The van der Waals surface area contributed by atoms with E-state index in [9.17, 15) is 9.59 Å². The molecule has 3 amide bonds. The Labute approximate surface area is 102 Å². The molecule has 0 unspecified atom stereocenters. The minimum atomic E-state index is -0.828. The van der Waals surface area contributed by atoms with Crippen molar-refractivity contribution in [2.75, 3.05) is 19.7 Å². The van der Waals surface area contributed by atoms with Crippen molar-refractivity contribution in [3.63, 3.8) is 0 Å². The Hall–Kier alpha value is -1.14. The molecule has 6 nitrogen and oxygen atoms in total. The molecule has 0 aromatic carbocycles. The first kappa shape index (κ1) is 15.9. The van der Waals surface area contributed by atoms with Crippen molar-refractivity contribution in [1.82, 2.24) is 10.2 Å². The third-order valence-corrected chi connectivity index (χ3v) is 2.73. The summed E-state index contributed by atoms with van der Waals surface area (Å²) >= 11 is 0. The van der Waals surface area contributed by atoms with Gasteiger partial charge < -0.3 is 10.8 Å². The lowest BCUT2D eigenvalue weighted by atomic mass is 10.1. The highest BCUT2D eigenvalue weighted by atomic mass is 16.3. The van der Waals surface area contributed by atoms with Gasteiger partial charge >= 0.3 is 6.03 Å². The van der Waals surface area contributed by atoms with Crippen LogP contribution in [0.25, 0.3) is 0 Å². The molecule has 0 rings (SSSR count). The number of aliphatic hydroxyl groups is 1. The third-order valence-electron chi connectivity index (χ3n) is 2.73. The van der Waals surface area contributed by atoms with Crippen LogP contribution in [-0.2, 0) is 4.79 Å². The fourth-order valence-electron chi connectivity index (χ4n) is 1.86. The van der Waals surface area contributed by atoms with Crippen molar-refractivity contribution in [3.8, 4) is 0 Å². The van der Waals surface area contributed by atoms with Gasteiger partial charge in [-0.3, -0.25) is 15.0 Å². The summed E-state index contributed by atoms with van der Waals surface area (Å²) in [6, 6.07) is -0.477. The second-order valence-corrected chi connectivity index (χ2v) is 3.89. The van der Waals surface area contributed by atoms with Crippen LogP contribution in [0.1, 0.15) is 33.1 Å². The maximum atomic E-state index is 11.3. The molecule has 0 saturated carbocycles. The van der Waals surface area contributed by atoms with E-state index in [0.717, 1.165) is 12.8 Å². The van der Waals surface area contributed by atoms with Crippen LogP contribution in [0, 0.1) is 0 Å². The largest absolute Gasteiger partial charge is 0.395 e. The van der Waals surface area contributed by atoms with Crippen molar-refractivity contribution in [2.45, 2.75) is 39.2 Å². The van der Waals surface area contributed by atoms with Crippen LogP contribution in [-0.4, -0.2) is 47.7 Å². The van der Waals surface area contributed by atoms with E-state index in [2.05, 4.69) is 18.7 Å². The molecule has 17 heavy (non-hydrogen) atoms. The number of urea groups is 1. The number of primary amides is 1. The number of nitrogens with two attached hydrogens (primary N) is 1.